The Kier molecular flexibility index (Phi) is 2.69. The number of amides is 3. The van der Waals surface area contributed by atoms with Crippen LogP contribution in [0.3, 0.4) is 0 Å². The summed E-state index contributed by atoms with van der Waals surface area (Å²) in [6, 6.07) is -0.188. The zero-order chi connectivity index (χ0) is 10.9. The number of urea groups is 1. The molecule has 0 bridgehead atoms. The van der Waals surface area contributed by atoms with E-state index in [9.17, 15) is 9.59 Å². The molecule has 0 aliphatic carbocycles. The Hall–Kier alpha value is -1.26. The first-order valence-corrected chi connectivity index (χ1v) is 4.73. The van der Waals surface area contributed by atoms with Crippen LogP contribution in [0.4, 0.5) is 4.79 Å². The van der Waals surface area contributed by atoms with Crippen molar-refractivity contribution in [3.05, 3.63) is 0 Å². The van der Waals surface area contributed by atoms with Crippen LogP contribution in [0.1, 0.15) is 34.1 Å². The van der Waals surface area contributed by atoms with Crippen molar-refractivity contribution in [2.45, 2.75) is 45.7 Å². The third-order valence-corrected chi connectivity index (χ3v) is 2.05. The van der Waals surface area contributed by atoms with Gasteiger partial charge in [0.2, 0.25) is 5.91 Å². The average molecular weight is 199 g/mol. The molecule has 1 aliphatic heterocycles. The van der Waals surface area contributed by atoms with Crippen molar-refractivity contribution >= 4 is 11.9 Å². The standard InChI is InChI=1S/C9H17N3O2/c1-6(2)10-8(14)12-9(3,4)5-7(13)11-12/h6H,5H2,1-4H3,(H,10,14)(H,11,13). The molecular weight excluding hydrogens is 182 g/mol. The van der Waals surface area contributed by atoms with Crippen LogP contribution in [0.5, 0.6) is 0 Å². The van der Waals surface area contributed by atoms with Gasteiger partial charge in [-0.25, -0.2) is 9.80 Å². The van der Waals surface area contributed by atoms with Crippen molar-refractivity contribution in [1.82, 2.24) is 15.8 Å². The lowest BCUT2D eigenvalue weighted by atomic mass is 10.0. The largest absolute Gasteiger partial charge is 0.336 e. The molecule has 14 heavy (non-hydrogen) atoms. The highest BCUT2D eigenvalue weighted by Gasteiger charge is 2.40. The summed E-state index contributed by atoms with van der Waals surface area (Å²) >= 11 is 0. The number of hydrogen-bond acceptors (Lipinski definition) is 2. The van der Waals surface area contributed by atoms with Crippen molar-refractivity contribution in [2.75, 3.05) is 0 Å². The molecule has 5 heteroatoms. The van der Waals surface area contributed by atoms with Crippen LogP contribution >= 0.6 is 0 Å². The summed E-state index contributed by atoms with van der Waals surface area (Å²) in [4.78, 5) is 22.7. The normalized spacial score (nSPS) is 19.8. The highest BCUT2D eigenvalue weighted by molar-refractivity contribution is 5.86. The van der Waals surface area contributed by atoms with Gasteiger partial charge in [-0.2, -0.15) is 0 Å². The molecule has 3 amide bonds. The molecule has 0 aromatic heterocycles. The second kappa shape index (κ2) is 3.48. The van der Waals surface area contributed by atoms with Gasteiger partial charge in [0, 0.05) is 6.04 Å². The van der Waals surface area contributed by atoms with Crippen molar-refractivity contribution < 1.29 is 9.59 Å². The molecule has 0 radical (unpaired) electrons. The van der Waals surface area contributed by atoms with E-state index in [0.29, 0.717) is 6.42 Å². The van der Waals surface area contributed by atoms with Gasteiger partial charge < -0.3 is 5.32 Å². The van der Waals surface area contributed by atoms with Crippen molar-refractivity contribution in [3.8, 4) is 0 Å². The van der Waals surface area contributed by atoms with E-state index in [0.717, 1.165) is 0 Å². The van der Waals surface area contributed by atoms with Gasteiger partial charge in [0.05, 0.1) is 12.0 Å². The zero-order valence-corrected chi connectivity index (χ0v) is 9.05. The Morgan fingerprint density at radius 1 is 1.57 bits per heavy atom. The van der Waals surface area contributed by atoms with Gasteiger partial charge in [-0.1, -0.05) is 0 Å². The maximum Gasteiger partial charge on any atom is 0.336 e. The van der Waals surface area contributed by atoms with Crippen LogP contribution in [-0.2, 0) is 4.79 Å². The number of hydrazine groups is 1. The molecule has 5 nitrogen and oxygen atoms in total. The van der Waals surface area contributed by atoms with Crippen LogP contribution in [0.15, 0.2) is 0 Å². The fourth-order valence-corrected chi connectivity index (χ4v) is 1.42. The third-order valence-electron chi connectivity index (χ3n) is 2.05. The van der Waals surface area contributed by atoms with Crippen molar-refractivity contribution in [2.24, 2.45) is 0 Å². The minimum atomic E-state index is -0.448. The summed E-state index contributed by atoms with van der Waals surface area (Å²) in [6.45, 7) is 7.46. The van der Waals surface area contributed by atoms with E-state index in [1.807, 2.05) is 27.7 Å². The van der Waals surface area contributed by atoms with Crippen LogP contribution in [0.25, 0.3) is 0 Å². The lowest BCUT2D eigenvalue weighted by Gasteiger charge is -2.30. The SMILES string of the molecule is CC(C)NC(=O)N1NC(=O)CC1(C)C. The first-order valence-electron chi connectivity index (χ1n) is 4.73. The van der Waals surface area contributed by atoms with Gasteiger partial charge >= 0.3 is 6.03 Å². The topological polar surface area (TPSA) is 61.4 Å². The van der Waals surface area contributed by atoms with Gasteiger partial charge in [0.1, 0.15) is 0 Å². The maximum atomic E-state index is 11.6. The van der Waals surface area contributed by atoms with Crippen LogP contribution in [-0.4, -0.2) is 28.5 Å². The molecule has 1 aliphatic rings. The average Bonchev–Trinajstić information content (AvgIpc) is 2.22. The molecule has 1 rings (SSSR count). The minimum Gasteiger partial charge on any atom is -0.334 e. The fraction of sp³-hybridized carbons (Fsp3) is 0.778. The molecular formula is C9H17N3O2. The number of rotatable bonds is 1. The van der Waals surface area contributed by atoms with E-state index < -0.39 is 5.54 Å². The molecule has 0 aromatic carbocycles. The van der Waals surface area contributed by atoms with Gasteiger partial charge in [0.15, 0.2) is 0 Å². The lowest BCUT2D eigenvalue weighted by Crippen LogP contribution is -2.54. The van der Waals surface area contributed by atoms with Crippen molar-refractivity contribution in [1.29, 1.82) is 0 Å². The fourth-order valence-electron chi connectivity index (χ4n) is 1.42. The zero-order valence-electron chi connectivity index (χ0n) is 9.05. The Balaban J connectivity index is 2.68. The predicted octanol–water partition coefficient (Wildman–Crippen LogP) is 0.620. The van der Waals surface area contributed by atoms with Gasteiger partial charge in [0.25, 0.3) is 0 Å². The molecule has 0 aromatic rings. The molecule has 0 spiro atoms. The van der Waals surface area contributed by atoms with Gasteiger partial charge in [-0.05, 0) is 27.7 Å². The summed E-state index contributed by atoms with van der Waals surface area (Å²) < 4.78 is 0. The molecule has 1 heterocycles. The highest BCUT2D eigenvalue weighted by Crippen LogP contribution is 2.22. The van der Waals surface area contributed by atoms with E-state index in [1.165, 1.54) is 5.01 Å². The van der Waals surface area contributed by atoms with E-state index in [2.05, 4.69) is 10.7 Å². The second-order valence-electron chi connectivity index (χ2n) is 4.46. The Morgan fingerprint density at radius 2 is 2.14 bits per heavy atom. The van der Waals surface area contributed by atoms with E-state index >= 15 is 0 Å². The van der Waals surface area contributed by atoms with Crippen LogP contribution < -0.4 is 10.7 Å². The second-order valence-corrected chi connectivity index (χ2v) is 4.46. The summed E-state index contributed by atoms with van der Waals surface area (Å²) in [6.07, 6.45) is 0.346. The number of carbonyl (C=O) groups excluding carboxylic acids is 2. The molecule has 0 unspecified atom stereocenters. The molecule has 2 N–H and O–H groups in total. The quantitative estimate of drug-likeness (QED) is 0.650. The van der Waals surface area contributed by atoms with Crippen molar-refractivity contribution in [3.63, 3.8) is 0 Å². The number of carbonyl (C=O) groups is 2. The lowest BCUT2D eigenvalue weighted by molar-refractivity contribution is -0.120. The first-order chi connectivity index (χ1) is 6.33. The highest BCUT2D eigenvalue weighted by atomic mass is 16.2. The first kappa shape index (κ1) is 10.8. The number of nitrogens with zero attached hydrogens (tertiary/aromatic N) is 1. The molecule has 1 saturated heterocycles. The third kappa shape index (κ3) is 2.16. The van der Waals surface area contributed by atoms with Crippen LogP contribution in [0.2, 0.25) is 0 Å². The number of hydrogen-bond donors (Lipinski definition) is 2. The van der Waals surface area contributed by atoms with E-state index in [4.69, 9.17) is 0 Å². The molecule has 80 valence electrons. The summed E-state index contributed by atoms with van der Waals surface area (Å²) in [5.41, 5.74) is 2.08. The smallest absolute Gasteiger partial charge is 0.334 e. The monoisotopic (exact) mass is 199 g/mol. The molecule has 0 saturated carbocycles. The Labute approximate surface area is 83.8 Å². The molecule has 1 fully saturated rings. The maximum absolute atomic E-state index is 11.6. The predicted molar refractivity (Wildman–Crippen MR) is 52.3 cm³/mol. The van der Waals surface area contributed by atoms with E-state index in [1.54, 1.807) is 0 Å². The number of nitrogens with one attached hydrogen (secondary N) is 2. The summed E-state index contributed by atoms with van der Waals surface area (Å²) in [7, 11) is 0. The molecule has 0 atom stereocenters. The minimum absolute atomic E-state index is 0.0656. The van der Waals surface area contributed by atoms with E-state index in [-0.39, 0.29) is 18.0 Å². The summed E-state index contributed by atoms with van der Waals surface area (Å²) in [5, 5.41) is 4.09. The Morgan fingerprint density at radius 3 is 2.50 bits per heavy atom. The Bertz CT molecular complexity index is 261. The van der Waals surface area contributed by atoms with Gasteiger partial charge in [-0.3, -0.25) is 10.2 Å². The van der Waals surface area contributed by atoms with Crippen LogP contribution in [0, 0.1) is 0 Å². The summed E-state index contributed by atoms with van der Waals surface area (Å²) in [5.74, 6) is -0.117. The van der Waals surface area contributed by atoms with Gasteiger partial charge in [-0.15, -0.1) is 0 Å².